The molecule has 0 radical (unpaired) electrons. The van der Waals surface area contributed by atoms with Crippen molar-refractivity contribution in [2.24, 2.45) is 0 Å². The Labute approximate surface area is 151 Å². The van der Waals surface area contributed by atoms with Crippen molar-refractivity contribution in [2.45, 2.75) is 44.2 Å². The number of aromatic nitrogens is 2. The summed E-state index contributed by atoms with van der Waals surface area (Å²) in [5.74, 6) is 0.322. The molecule has 0 spiro atoms. The molecule has 7 heteroatoms. The second kappa shape index (κ2) is 7.51. The second-order valence-corrected chi connectivity index (χ2v) is 6.58. The topological polar surface area (TPSA) is 38.2 Å². The highest BCUT2D eigenvalue weighted by Crippen LogP contribution is 2.38. The van der Waals surface area contributed by atoms with Crippen LogP contribution in [-0.4, -0.2) is 24.1 Å². The van der Waals surface area contributed by atoms with Crippen molar-refractivity contribution in [3.63, 3.8) is 0 Å². The molecular formula is C19H22F3N3O. The van der Waals surface area contributed by atoms with Crippen LogP contribution in [0.5, 0.6) is 6.01 Å². The van der Waals surface area contributed by atoms with Gasteiger partial charge in [-0.2, -0.15) is 18.2 Å². The summed E-state index contributed by atoms with van der Waals surface area (Å²) in [7, 11) is 2.89. The summed E-state index contributed by atoms with van der Waals surface area (Å²) < 4.78 is 44.8. The Hall–Kier alpha value is -2.31. The summed E-state index contributed by atoms with van der Waals surface area (Å²) in [6.45, 7) is 0. The first-order chi connectivity index (χ1) is 12.4. The molecule has 1 aliphatic carbocycles. The Balaban J connectivity index is 1.90. The largest absolute Gasteiger partial charge is 0.467 e. The molecule has 0 bridgehead atoms. The first kappa shape index (κ1) is 18.5. The van der Waals surface area contributed by atoms with E-state index < -0.39 is 11.7 Å². The van der Waals surface area contributed by atoms with Crippen molar-refractivity contribution < 1.29 is 17.9 Å². The fourth-order valence-corrected chi connectivity index (χ4v) is 3.44. The van der Waals surface area contributed by atoms with Gasteiger partial charge in [0.15, 0.2) is 5.82 Å². The summed E-state index contributed by atoms with van der Waals surface area (Å²) >= 11 is 0. The van der Waals surface area contributed by atoms with E-state index in [0.29, 0.717) is 11.6 Å². The van der Waals surface area contributed by atoms with Crippen LogP contribution in [0, 0.1) is 0 Å². The fourth-order valence-electron chi connectivity index (χ4n) is 3.44. The van der Waals surface area contributed by atoms with E-state index in [4.69, 9.17) is 4.74 Å². The Morgan fingerprint density at radius 1 is 1.08 bits per heavy atom. The average Bonchev–Trinajstić information content (AvgIpc) is 2.67. The molecule has 0 amide bonds. The number of ether oxygens (including phenoxy) is 1. The van der Waals surface area contributed by atoms with E-state index in [1.54, 1.807) is 7.05 Å². The lowest BCUT2D eigenvalue weighted by Crippen LogP contribution is -2.19. The Morgan fingerprint density at radius 3 is 2.31 bits per heavy atom. The van der Waals surface area contributed by atoms with Crippen molar-refractivity contribution in [1.29, 1.82) is 0 Å². The van der Waals surface area contributed by atoms with Crippen molar-refractivity contribution in [1.82, 2.24) is 9.97 Å². The third-order valence-electron chi connectivity index (χ3n) is 4.91. The van der Waals surface area contributed by atoms with Crippen LogP contribution in [-0.2, 0) is 6.18 Å². The van der Waals surface area contributed by atoms with E-state index in [-0.39, 0.29) is 11.8 Å². The number of halogens is 3. The number of methoxy groups -OCH3 is 1. The van der Waals surface area contributed by atoms with Gasteiger partial charge in [0.2, 0.25) is 0 Å². The van der Waals surface area contributed by atoms with Gasteiger partial charge in [-0.3, -0.25) is 0 Å². The minimum absolute atomic E-state index is 0.0984. The molecule has 1 fully saturated rings. The zero-order valence-electron chi connectivity index (χ0n) is 14.9. The minimum atomic E-state index is -4.54. The van der Waals surface area contributed by atoms with E-state index in [9.17, 15) is 13.2 Å². The Morgan fingerprint density at radius 2 is 1.73 bits per heavy atom. The summed E-state index contributed by atoms with van der Waals surface area (Å²) in [6.07, 6.45) is 2.33. The number of rotatable bonds is 4. The molecule has 0 atom stereocenters. The Kier molecular flexibility index (Phi) is 5.34. The number of anilines is 2. The van der Waals surface area contributed by atoms with Crippen LogP contribution in [0.1, 0.15) is 49.1 Å². The predicted octanol–water partition coefficient (Wildman–Crippen LogP) is 5.32. The Bertz CT molecular complexity index is 741. The van der Waals surface area contributed by atoms with E-state index in [2.05, 4.69) is 9.97 Å². The van der Waals surface area contributed by atoms with Gasteiger partial charge < -0.3 is 9.64 Å². The molecule has 0 saturated heterocycles. The highest BCUT2D eigenvalue weighted by atomic mass is 19.4. The van der Waals surface area contributed by atoms with Gasteiger partial charge in [-0.25, -0.2) is 4.98 Å². The molecule has 0 aliphatic heterocycles. The number of nitrogens with zero attached hydrogens (tertiary/aromatic N) is 3. The molecule has 0 unspecified atom stereocenters. The molecular weight excluding hydrogens is 343 g/mol. The van der Waals surface area contributed by atoms with Crippen LogP contribution in [0.2, 0.25) is 0 Å². The molecule has 0 N–H and O–H groups in total. The molecule has 140 valence electrons. The molecule has 1 heterocycles. The van der Waals surface area contributed by atoms with Crippen LogP contribution in [0.15, 0.2) is 30.5 Å². The van der Waals surface area contributed by atoms with Crippen LogP contribution in [0.25, 0.3) is 0 Å². The molecule has 1 aliphatic rings. The third kappa shape index (κ3) is 3.92. The standard InChI is InChI=1S/C19H22F3N3O/c1-25(17-16(19(20,21)22)12-23-18(24-17)26-2)15-10-8-14(9-11-15)13-6-4-3-5-7-13/h8-13H,3-7H2,1-2H3. The number of hydrogen-bond donors (Lipinski definition) is 0. The second-order valence-electron chi connectivity index (χ2n) is 6.58. The van der Waals surface area contributed by atoms with Gasteiger partial charge in [0, 0.05) is 18.9 Å². The molecule has 2 aromatic rings. The van der Waals surface area contributed by atoms with E-state index in [0.717, 1.165) is 6.20 Å². The maximum absolute atomic E-state index is 13.3. The third-order valence-corrected chi connectivity index (χ3v) is 4.91. The lowest BCUT2D eigenvalue weighted by Gasteiger charge is -2.24. The van der Waals surface area contributed by atoms with Crippen LogP contribution >= 0.6 is 0 Å². The normalized spacial score (nSPS) is 15.7. The van der Waals surface area contributed by atoms with Gasteiger partial charge in [-0.05, 0) is 36.5 Å². The molecule has 1 aromatic heterocycles. The lowest BCUT2D eigenvalue weighted by molar-refractivity contribution is -0.137. The van der Waals surface area contributed by atoms with Crippen molar-refractivity contribution >= 4 is 11.5 Å². The smallest absolute Gasteiger partial charge is 0.421 e. The van der Waals surface area contributed by atoms with E-state index >= 15 is 0 Å². The fraction of sp³-hybridized carbons (Fsp3) is 0.474. The number of benzene rings is 1. The quantitative estimate of drug-likeness (QED) is 0.735. The predicted molar refractivity (Wildman–Crippen MR) is 93.9 cm³/mol. The summed E-state index contributed by atoms with van der Waals surface area (Å²) in [5, 5.41) is 0. The van der Waals surface area contributed by atoms with Crippen LogP contribution < -0.4 is 9.64 Å². The van der Waals surface area contributed by atoms with Gasteiger partial charge >= 0.3 is 12.2 Å². The highest BCUT2D eigenvalue weighted by Gasteiger charge is 2.36. The highest BCUT2D eigenvalue weighted by molar-refractivity contribution is 5.63. The zero-order chi connectivity index (χ0) is 18.7. The average molecular weight is 365 g/mol. The lowest BCUT2D eigenvalue weighted by atomic mass is 9.84. The molecule has 26 heavy (non-hydrogen) atoms. The maximum Gasteiger partial charge on any atom is 0.421 e. The van der Waals surface area contributed by atoms with Crippen LogP contribution in [0.4, 0.5) is 24.7 Å². The molecule has 1 saturated carbocycles. The van der Waals surface area contributed by atoms with Gasteiger partial charge in [0.25, 0.3) is 0 Å². The van der Waals surface area contributed by atoms with Gasteiger partial charge in [-0.1, -0.05) is 31.4 Å². The SMILES string of the molecule is COc1ncc(C(F)(F)F)c(N(C)c2ccc(C3CCCCC3)cc2)n1. The zero-order valence-corrected chi connectivity index (χ0v) is 14.9. The van der Waals surface area contributed by atoms with Gasteiger partial charge in [0.1, 0.15) is 5.56 Å². The van der Waals surface area contributed by atoms with Crippen molar-refractivity contribution in [3.8, 4) is 6.01 Å². The molecule has 1 aromatic carbocycles. The van der Waals surface area contributed by atoms with Gasteiger partial charge in [0.05, 0.1) is 7.11 Å². The molecule has 3 rings (SSSR count). The first-order valence-corrected chi connectivity index (χ1v) is 8.72. The first-order valence-electron chi connectivity index (χ1n) is 8.72. The summed E-state index contributed by atoms with van der Waals surface area (Å²) in [4.78, 5) is 8.93. The molecule has 4 nitrogen and oxygen atoms in total. The van der Waals surface area contributed by atoms with Gasteiger partial charge in [-0.15, -0.1) is 0 Å². The summed E-state index contributed by atoms with van der Waals surface area (Å²) in [5.41, 5.74) is 0.992. The van der Waals surface area contributed by atoms with E-state index in [1.807, 2.05) is 24.3 Å². The number of alkyl halides is 3. The summed E-state index contributed by atoms with van der Waals surface area (Å²) in [6, 6.07) is 7.61. The number of hydrogen-bond acceptors (Lipinski definition) is 4. The minimum Gasteiger partial charge on any atom is -0.467 e. The van der Waals surface area contributed by atoms with Crippen molar-refractivity contribution in [2.75, 3.05) is 19.1 Å². The maximum atomic E-state index is 13.3. The van der Waals surface area contributed by atoms with E-state index in [1.165, 1.54) is 49.7 Å². The van der Waals surface area contributed by atoms with Crippen molar-refractivity contribution in [3.05, 3.63) is 41.6 Å². The van der Waals surface area contributed by atoms with Crippen LogP contribution in [0.3, 0.4) is 0 Å². The monoisotopic (exact) mass is 365 g/mol.